The molecular formula is C10H6ClFN4. The van der Waals surface area contributed by atoms with Crippen molar-refractivity contribution in [3.05, 3.63) is 35.0 Å². The van der Waals surface area contributed by atoms with E-state index in [1.165, 1.54) is 12.1 Å². The van der Waals surface area contributed by atoms with Crippen LogP contribution < -0.4 is 0 Å². The van der Waals surface area contributed by atoms with E-state index in [0.29, 0.717) is 22.5 Å². The fourth-order valence-electron chi connectivity index (χ4n) is 1.71. The Kier molecular flexibility index (Phi) is 1.85. The molecule has 3 aromatic rings. The van der Waals surface area contributed by atoms with Crippen LogP contribution in [0.5, 0.6) is 0 Å². The van der Waals surface area contributed by atoms with Gasteiger partial charge in [0, 0.05) is 6.07 Å². The van der Waals surface area contributed by atoms with Crippen molar-refractivity contribution in [2.24, 2.45) is 0 Å². The molecule has 0 saturated carbocycles. The maximum absolute atomic E-state index is 13.2. The Labute approximate surface area is 94.7 Å². The highest BCUT2D eigenvalue weighted by molar-refractivity contribution is 6.32. The monoisotopic (exact) mass is 236 g/mol. The summed E-state index contributed by atoms with van der Waals surface area (Å²) in [4.78, 5) is 4.13. The van der Waals surface area contributed by atoms with Crippen LogP contribution in [0.15, 0.2) is 18.2 Å². The number of nitrogens with zero attached hydrogens (tertiary/aromatic N) is 4. The number of aromatic nitrogens is 4. The van der Waals surface area contributed by atoms with Gasteiger partial charge in [-0.1, -0.05) is 11.6 Å². The number of hydrogen-bond acceptors (Lipinski definition) is 3. The molecule has 3 rings (SSSR count). The van der Waals surface area contributed by atoms with Crippen LogP contribution >= 0.6 is 11.6 Å². The average Bonchev–Trinajstić information content (AvgIpc) is 2.63. The van der Waals surface area contributed by atoms with Gasteiger partial charge in [0.15, 0.2) is 10.8 Å². The fourth-order valence-corrected chi connectivity index (χ4v) is 1.92. The molecule has 4 nitrogen and oxygen atoms in total. The van der Waals surface area contributed by atoms with Crippen molar-refractivity contribution in [2.45, 2.75) is 6.92 Å². The van der Waals surface area contributed by atoms with E-state index in [9.17, 15) is 4.39 Å². The molecule has 0 fully saturated rings. The van der Waals surface area contributed by atoms with Crippen LogP contribution in [0.2, 0.25) is 5.15 Å². The summed E-state index contributed by atoms with van der Waals surface area (Å²) in [6.45, 7) is 1.78. The van der Waals surface area contributed by atoms with Gasteiger partial charge >= 0.3 is 0 Å². The van der Waals surface area contributed by atoms with Crippen molar-refractivity contribution in [1.29, 1.82) is 0 Å². The van der Waals surface area contributed by atoms with Crippen LogP contribution in [0.1, 0.15) is 5.82 Å². The molecule has 16 heavy (non-hydrogen) atoms. The predicted molar refractivity (Wildman–Crippen MR) is 58.0 cm³/mol. The third kappa shape index (κ3) is 1.18. The minimum atomic E-state index is -0.328. The molecule has 0 radical (unpaired) electrons. The lowest BCUT2D eigenvalue weighted by molar-refractivity contribution is 0.629. The molecule has 0 bridgehead atoms. The zero-order valence-corrected chi connectivity index (χ0v) is 9.03. The number of hydrogen-bond donors (Lipinski definition) is 0. The first-order valence-corrected chi connectivity index (χ1v) is 5.01. The van der Waals surface area contributed by atoms with Crippen LogP contribution in [0.25, 0.3) is 16.7 Å². The number of benzene rings is 1. The first kappa shape index (κ1) is 9.47. The maximum atomic E-state index is 13.2. The molecular weight excluding hydrogens is 231 g/mol. The Hall–Kier alpha value is -1.75. The Balaban J connectivity index is 2.64. The van der Waals surface area contributed by atoms with Gasteiger partial charge in [-0.15, -0.1) is 10.2 Å². The number of halogens is 2. The van der Waals surface area contributed by atoms with Crippen molar-refractivity contribution < 1.29 is 4.39 Å². The second-order valence-electron chi connectivity index (χ2n) is 3.44. The molecule has 0 N–H and O–H groups in total. The maximum Gasteiger partial charge on any atom is 0.199 e. The van der Waals surface area contributed by atoms with Gasteiger partial charge in [-0.2, -0.15) is 0 Å². The molecule has 0 aliphatic heterocycles. The van der Waals surface area contributed by atoms with Crippen molar-refractivity contribution in [3.8, 4) is 0 Å². The summed E-state index contributed by atoms with van der Waals surface area (Å²) in [7, 11) is 0. The highest BCUT2D eigenvalue weighted by atomic mass is 35.5. The summed E-state index contributed by atoms with van der Waals surface area (Å²) in [5, 5.41) is 8.06. The molecule has 0 aliphatic carbocycles. The first-order chi connectivity index (χ1) is 7.66. The standard InChI is InChI=1S/C10H6ClFN4/c1-5-14-15-10-9(11)13-7-3-2-6(12)4-8(7)16(5)10/h2-4H,1H3. The van der Waals surface area contributed by atoms with Gasteiger partial charge in [0.1, 0.15) is 11.6 Å². The fraction of sp³-hybridized carbons (Fsp3) is 0.100. The molecule has 2 aromatic heterocycles. The van der Waals surface area contributed by atoms with Crippen LogP contribution in [0.3, 0.4) is 0 Å². The van der Waals surface area contributed by atoms with Gasteiger partial charge < -0.3 is 0 Å². The normalized spacial score (nSPS) is 11.4. The quantitative estimate of drug-likeness (QED) is 0.602. The smallest absolute Gasteiger partial charge is 0.199 e. The van der Waals surface area contributed by atoms with Gasteiger partial charge in [0.05, 0.1) is 11.0 Å². The van der Waals surface area contributed by atoms with Crippen molar-refractivity contribution >= 4 is 28.3 Å². The summed E-state index contributed by atoms with van der Waals surface area (Å²) in [6.07, 6.45) is 0. The molecule has 0 amide bonds. The molecule has 6 heteroatoms. The Morgan fingerprint density at radius 3 is 2.94 bits per heavy atom. The van der Waals surface area contributed by atoms with E-state index < -0.39 is 0 Å². The van der Waals surface area contributed by atoms with Gasteiger partial charge in [-0.3, -0.25) is 4.40 Å². The van der Waals surface area contributed by atoms with Gasteiger partial charge in [-0.25, -0.2) is 9.37 Å². The van der Waals surface area contributed by atoms with E-state index in [2.05, 4.69) is 15.2 Å². The van der Waals surface area contributed by atoms with E-state index in [1.807, 2.05) is 0 Å². The topological polar surface area (TPSA) is 43.1 Å². The summed E-state index contributed by atoms with van der Waals surface area (Å²) in [6, 6.07) is 4.31. The Bertz CT molecular complexity index is 707. The summed E-state index contributed by atoms with van der Waals surface area (Å²) in [5.74, 6) is 0.320. The van der Waals surface area contributed by atoms with Crippen molar-refractivity contribution in [3.63, 3.8) is 0 Å². The summed E-state index contributed by atoms with van der Waals surface area (Å²) >= 11 is 5.96. The van der Waals surface area contributed by atoms with E-state index in [-0.39, 0.29) is 11.0 Å². The zero-order chi connectivity index (χ0) is 11.3. The van der Waals surface area contributed by atoms with Gasteiger partial charge in [0.2, 0.25) is 0 Å². The molecule has 0 unspecified atom stereocenters. The number of aryl methyl sites for hydroxylation is 1. The highest BCUT2D eigenvalue weighted by Crippen LogP contribution is 2.21. The molecule has 80 valence electrons. The van der Waals surface area contributed by atoms with Gasteiger partial charge in [0.25, 0.3) is 0 Å². The second-order valence-corrected chi connectivity index (χ2v) is 3.80. The lowest BCUT2D eigenvalue weighted by Crippen LogP contribution is -1.95. The molecule has 1 aromatic carbocycles. The first-order valence-electron chi connectivity index (χ1n) is 4.63. The van der Waals surface area contributed by atoms with Crippen LogP contribution in [-0.2, 0) is 0 Å². The lowest BCUT2D eigenvalue weighted by Gasteiger charge is -2.03. The third-order valence-corrected chi connectivity index (χ3v) is 2.66. The van der Waals surface area contributed by atoms with Crippen molar-refractivity contribution in [2.75, 3.05) is 0 Å². The van der Waals surface area contributed by atoms with Crippen LogP contribution in [0, 0.1) is 12.7 Å². The molecule has 0 saturated heterocycles. The zero-order valence-electron chi connectivity index (χ0n) is 8.28. The highest BCUT2D eigenvalue weighted by Gasteiger charge is 2.11. The van der Waals surface area contributed by atoms with Crippen molar-refractivity contribution in [1.82, 2.24) is 19.6 Å². The SMILES string of the molecule is Cc1nnc2c(Cl)nc3ccc(F)cc3n12. The largest absolute Gasteiger partial charge is 0.275 e. The van der Waals surface area contributed by atoms with Crippen LogP contribution in [0.4, 0.5) is 4.39 Å². The van der Waals surface area contributed by atoms with E-state index in [4.69, 9.17) is 11.6 Å². The number of rotatable bonds is 0. The predicted octanol–water partition coefficient (Wildman–Crippen LogP) is 2.38. The molecule has 0 aliphatic rings. The Morgan fingerprint density at radius 2 is 2.12 bits per heavy atom. The molecule has 2 heterocycles. The summed E-state index contributed by atoms with van der Waals surface area (Å²) in [5.41, 5.74) is 1.67. The van der Waals surface area contributed by atoms with Gasteiger partial charge in [-0.05, 0) is 19.1 Å². The average molecular weight is 237 g/mol. The van der Waals surface area contributed by atoms with E-state index in [0.717, 1.165) is 0 Å². The minimum absolute atomic E-state index is 0.264. The second kappa shape index (κ2) is 3.12. The summed E-state index contributed by atoms with van der Waals surface area (Å²) < 4.78 is 14.9. The molecule has 0 atom stereocenters. The van der Waals surface area contributed by atoms with E-state index >= 15 is 0 Å². The Morgan fingerprint density at radius 1 is 1.31 bits per heavy atom. The van der Waals surface area contributed by atoms with Crippen LogP contribution in [-0.4, -0.2) is 19.6 Å². The number of fused-ring (bicyclic) bond motifs is 3. The lowest BCUT2D eigenvalue weighted by atomic mass is 10.3. The minimum Gasteiger partial charge on any atom is -0.275 e. The third-order valence-electron chi connectivity index (χ3n) is 2.41. The molecule has 0 spiro atoms. The van der Waals surface area contributed by atoms with E-state index in [1.54, 1.807) is 17.4 Å².